The first-order chi connectivity index (χ1) is 9.19. The van der Waals surface area contributed by atoms with Crippen molar-refractivity contribution in [3.63, 3.8) is 0 Å². The van der Waals surface area contributed by atoms with E-state index >= 15 is 0 Å². The molecule has 1 heterocycles. The first-order valence-corrected chi connectivity index (χ1v) is 6.76. The van der Waals surface area contributed by atoms with Crippen LogP contribution in [0.15, 0.2) is 36.7 Å². The Balaban J connectivity index is 2.21. The van der Waals surface area contributed by atoms with Gasteiger partial charge < -0.3 is 5.32 Å². The average molecular weight is 255 g/mol. The highest BCUT2D eigenvalue weighted by Gasteiger charge is 2.13. The second kappa shape index (κ2) is 6.43. The topological polar surface area (TPSA) is 37.8 Å². The van der Waals surface area contributed by atoms with Gasteiger partial charge in [0.25, 0.3) is 0 Å². The summed E-state index contributed by atoms with van der Waals surface area (Å²) in [5.41, 5.74) is 3.94. The number of benzene rings is 1. The predicted molar refractivity (Wildman–Crippen MR) is 78.1 cm³/mol. The van der Waals surface area contributed by atoms with Gasteiger partial charge >= 0.3 is 0 Å². The number of likely N-dealkylation sites (N-methyl/N-ethyl adjacent to an activating group) is 1. The summed E-state index contributed by atoms with van der Waals surface area (Å²) in [5.74, 6) is 0.864. The van der Waals surface area contributed by atoms with Gasteiger partial charge in [-0.15, -0.1) is 0 Å². The Morgan fingerprint density at radius 3 is 2.26 bits per heavy atom. The third-order valence-electron chi connectivity index (χ3n) is 3.07. The van der Waals surface area contributed by atoms with Crippen LogP contribution in [0.5, 0.6) is 0 Å². The Kier molecular flexibility index (Phi) is 4.63. The van der Waals surface area contributed by atoms with Crippen LogP contribution in [-0.2, 0) is 6.42 Å². The number of rotatable bonds is 5. The Hall–Kier alpha value is -1.74. The molecule has 3 nitrogen and oxygen atoms in total. The molecule has 3 heteroatoms. The van der Waals surface area contributed by atoms with Crippen molar-refractivity contribution in [3.8, 4) is 0 Å². The van der Waals surface area contributed by atoms with Crippen LogP contribution >= 0.6 is 0 Å². The second-order valence-corrected chi connectivity index (χ2v) is 4.92. The van der Waals surface area contributed by atoms with Gasteiger partial charge in [0.15, 0.2) is 0 Å². The van der Waals surface area contributed by atoms with Crippen molar-refractivity contribution < 1.29 is 0 Å². The number of nitrogens with one attached hydrogen (secondary N) is 1. The fraction of sp³-hybridized carbons (Fsp3) is 0.375. The highest BCUT2D eigenvalue weighted by Crippen LogP contribution is 2.17. The minimum absolute atomic E-state index is 0.174. The van der Waals surface area contributed by atoms with Crippen molar-refractivity contribution in [2.24, 2.45) is 0 Å². The lowest BCUT2D eigenvalue weighted by molar-refractivity contribution is 0.521. The van der Waals surface area contributed by atoms with Gasteiger partial charge in [-0.25, -0.2) is 9.97 Å². The maximum absolute atomic E-state index is 4.37. The maximum Gasteiger partial charge on any atom is 0.145 e. The van der Waals surface area contributed by atoms with E-state index in [2.05, 4.69) is 54.3 Å². The van der Waals surface area contributed by atoms with E-state index in [-0.39, 0.29) is 6.04 Å². The summed E-state index contributed by atoms with van der Waals surface area (Å²) in [7, 11) is 0. The molecule has 0 aliphatic rings. The van der Waals surface area contributed by atoms with Crippen molar-refractivity contribution in [2.45, 2.75) is 33.2 Å². The zero-order valence-corrected chi connectivity index (χ0v) is 11.9. The molecule has 0 aliphatic heterocycles. The van der Waals surface area contributed by atoms with E-state index in [4.69, 9.17) is 0 Å². The van der Waals surface area contributed by atoms with E-state index in [9.17, 15) is 0 Å². The summed E-state index contributed by atoms with van der Waals surface area (Å²) in [6, 6.07) is 8.70. The smallest absolute Gasteiger partial charge is 0.145 e. The molecule has 0 spiro atoms. The van der Waals surface area contributed by atoms with Gasteiger partial charge in [-0.3, -0.25) is 0 Å². The van der Waals surface area contributed by atoms with Crippen LogP contribution < -0.4 is 5.32 Å². The van der Waals surface area contributed by atoms with E-state index in [1.165, 1.54) is 16.7 Å². The number of hydrogen-bond donors (Lipinski definition) is 1. The molecule has 100 valence electrons. The number of aromatic nitrogens is 2. The fourth-order valence-electron chi connectivity index (χ4n) is 2.41. The normalized spacial score (nSPS) is 12.4. The Labute approximate surface area is 115 Å². The summed E-state index contributed by atoms with van der Waals surface area (Å²) >= 11 is 0. The van der Waals surface area contributed by atoms with Crippen LogP contribution in [0.3, 0.4) is 0 Å². The average Bonchev–Trinajstić information content (AvgIpc) is 2.38. The molecule has 0 saturated heterocycles. The van der Waals surface area contributed by atoms with Gasteiger partial charge in [-0.1, -0.05) is 36.2 Å². The molecule has 1 atom stereocenters. The highest BCUT2D eigenvalue weighted by atomic mass is 15.0. The minimum atomic E-state index is 0.174. The number of hydrogen-bond acceptors (Lipinski definition) is 3. The fourth-order valence-corrected chi connectivity index (χ4v) is 2.41. The van der Waals surface area contributed by atoms with Gasteiger partial charge in [-0.2, -0.15) is 0 Å². The third-order valence-corrected chi connectivity index (χ3v) is 3.07. The third kappa shape index (κ3) is 3.86. The van der Waals surface area contributed by atoms with Gasteiger partial charge in [0.2, 0.25) is 0 Å². The quantitative estimate of drug-likeness (QED) is 0.892. The summed E-state index contributed by atoms with van der Waals surface area (Å²) in [6.45, 7) is 7.29. The predicted octanol–water partition coefficient (Wildman–Crippen LogP) is 2.99. The first kappa shape index (κ1) is 13.7. The summed E-state index contributed by atoms with van der Waals surface area (Å²) in [4.78, 5) is 8.73. The van der Waals surface area contributed by atoms with E-state index in [1.54, 1.807) is 12.4 Å². The van der Waals surface area contributed by atoms with Crippen molar-refractivity contribution in [3.05, 3.63) is 59.2 Å². The molecular weight excluding hydrogens is 234 g/mol. The molecular formula is C16H21N3. The molecule has 1 unspecified atom stereocenters. The molecule has 2 aromatic rings. The monoisotopic (exact) mass is 255 g/mol. The van der Waals surface area contributed by atoms with Crippen LogP contribution in [0.25, 0.3) is 0 Å². The Bertz CT molecular complexity index is 503. The van der Waals surface area contributed by atoms with Crippen LogP contribution in [0.4, 0.5) is 0 Å². The minimum Gasteiger partial charge on any atom is -0.307 e. The number of nitrogens with zero attached hydrogens (tertiary/aromatic N) is 2. The SMILES string of the molecule is CCNC(Cc1cc(C)cc(C)c1)c1ncccn1. The lowest BCUT2D eigenvalue weighted by Crippen LogP contribution is -2.24. The lowest BCUT2D eigenvalue weighted by Gasteiger charge is -2.17. The van der Waals surface area contributed by atoms with Gasteiger partial charge in [0, 0.05) is 12.4 Å². The lowest BCUT2D eigenvalue weighted by atomic mass is 10.0. The molecule has 0 saturated carbocycles. The van der Waals surface area contributed by atoms with Crippen molar-refractivity contribution in [1.82, 2.24) is 15.3 Å². The molecule has 0 aliphatic carbocycles. The molecule has 1 aromatic carbocycles. The molecule has 0 bridgehead atoms. The van der Waals surface area contributed by atoms with E-state index in [0.717, 1.165) is 18.8 Å². The Morgan fingerprint density at radius 2 is 1.68 bits per heavy atom. The summed E-state index contributed by atoms with van der Waals surface area (Å²) in [5, 5.41) is 3.46. The van der Waals surface area contributed by atoms with Gasteiger partial charge in [0.05, 0.1) is 6.04 Å². The van der Waals surface area contributed by atoms with E-state index in [1.807, 2.05) is 6.07 Å². The van der Waals surface area contributed by atoms with Crippen LogP contribution in [-0.4, -0.2) is 16.5 Å². The summed E-state index contributed by atoms with van der Waals surface area (Å²) in [6.07, 6.45) is 4.52. The van der Waals surface area contributed by atoms with Gasteiger partial charge in [-0.05, 0) is 38.4 Å². The Morgan fingerprint density at radius 1 is 1.05 bits per heavy atom. The largest absolute Gasteiger partial charge is 0.307 e. The molecule has 0 fully saturated rings. The molecule has 19 heavy (non-hydrogen) atoms. The van der Waals surface area contributed by atoms with Crippen LogP contribution in [0, 0.1) is 13.8 Å². The molecule has 1 N–H and O–H groups in total. The standard InChI is InChI=1S/C16H21N3/c1-4-17-15(16-18-6-5-7-19-16)11-14-9-12(2)8-13(3)10-14/h5-10,15,17H,4,11H2,1-3H3. The highest BCUT2D eigenvalue weighted by molar-refractivity contribution is 5.29. The van der Waals surface area contributed by atoms with Crippen molar-refractivity contribution in [1.29, 1.82) is 0 Å². The zero-order valence-electron chi connectivity index (χ0n) is 11.9. The van der Waals surface area contributed by atoms with Crippen LogP contribution in [0.1, 0.15) is 35.5 Å². The van der Waals surface area contributed by atoms with Crippen molar-refractivity contribution >= 4 is 0 Å². The first-order valence-electron chi connectivity index (χ1n) is 6.76. The maximum atomic E-state index is 4.37. The van der Waals surface area contributed by atoms with Gasteiger partial charge in [0.1, 0.15) is 5.82 Å². The van der Waals surface area contributed by atoms with E-state index in [0.29, 0.717) is 0 Å². The van der Waals surface area contributed by atoms with Crippen LogP contribution in [0.2, 0.25) is 0 Å². The molecule has 1 aromatic heterocycles. The van der Waals surface area contributed by atoms with E-state index < -0.39 is 0 Å². The number of aryl methyl sites for hydroxylation is 2. The molecule has 2 rings (SSSR count). The second-order valence-electron chi connectivity index (χ2n) is 4.92. The summed E-state index contributed by atoms with van der Waals surface area (Å²) < 4.78 is 0. The zero-order chi connectivity index (χ0) is 13.7. The van der Waals surface area contributed by atoms with Crippen molar-refractivity contribution in [2.75, 3.05) is 6.54 Å². The molecule has 0 amide bonds. The molecule has 0 radical (unpaired) electrons.